The van der Waals surface area contributed by atoms with E-state index >= 15 is 0 Å². The van der Waals surface area contributed by atoms with Crippen molar-refractivity contribution in [3.05, 3.63) is 16.1 Å². The predicted octanol–water partition coefficient (Wildman–Crippen LogP) is 2.77. The van der Waals surface area contributed by atoms with Crippen LogP contribution in [0, 0.1) is 12.8 Å². The highest BCUT2D eigenvalue weighted by Gasteiger charge is 2.18. The number of nitrogens with zero attached hydrogens (tertiary/aromatic N) is 1. The quantitative estimate of drug-likeness (QED) is 0.833. The molecule has 0 saturated heterocycles. The third-order valence-electron chi connectivity index (χ3n) is 2.62. The first-order valence-corrected chi connectivity index (χ1v) is 6.59. The molecular weight excluding hydrogens is 220 g/mol. The van der Waals surface area contributed by atoms with E-state index in [0.717, 1.165) is 17.3 Å². The van der Waals surface area contributed by atoms with Crippen LogP contribution in [0.2, 0.25) is 0 Å². The summed E-state index contributed by atoms with van der Waals surface area (Å²) in [4.78, 5) is 4.50. The van der Waals surface area contributed by atoms with E-state index < -0.39 is 0 Å². The fourth-order valence-corrected chi connectivity index (χ4v) is 2.39. The van der Waals surface area contributed by atoms with Crippen LogP contribution in [-0.2, 0) is 4.74 Å². The molecule has 0 aliphatic rings. The normalized spacial score (nSPS) is 15.4. The summed E-state index contributed by atoms with van der Waals surface area (Å²) in [5.74, 6) is 0.559. The molecule has 0 fully saturated rings. The minimum atomic E-state index is 0.293. The molecule has 0 aliphatic carbocycles. The Labute approximate surface area is 102 Å². The van der Waals surface area contributed by atoms with Crippen molar-refractivity contribution in [3.63, 3.8) is 0 Å². The van der Waals surface area contributed by atoms with Gasteiger partial charge >= 0.3 is 0 Å². The second kappa shape index (κ2) is 6.33. The van der Waals surface area contributed by atoms with E-state index in [9.17, 15) is 0 Å². The summed E-state index contributed by atoms with van der Waals surface area (Å²) in [5, 5.41) is 6.81. The SMILES string of the molecule is COCC(NC(C)c1nc(C)cs1)C(C)C. The molecule has 0 aliphatic heterocycles. The molecule has 1 aromatic rings. The molecular formula is C12H22N2OS. The van der Waals surface area contributed by atoms with Gasteiger partial charge in [0.15, 0.2) is 0 Å². The van der Waals surface area contributed by atoms with Crippen LogP contribution in [0.4, 0.5) is 0 Å². The second-order valence-corrected chi connectivity index (χ2v) is 5.41. The van der Waals surface area contributed by atoms with Gasteiger partial charge in [-0.3, -0.25) is 0 Å². The number of thiazole rings is 1. The van der Waals surface area contributed by atoms with Crippen molar-refractivity contribution in [2.75, 3.05) is 13.7 Å². The average Bonchev–Trinajstić information content (AvgIpc) is 2.64. The van der Waals surface area contributed by atoms with Crippen molar-refractivity contribution in [3.8, 4) is 0 Å². The third-order valence-corrected chi connectivity index (χ3v) is 3.77. The lowest BCUT2D eigenvalue weighted by molar-refractivity contribution is 0.141. The topological polar surface area (TPSA) is 34.1 Å². The maximum Gasteiger partial charge on any atom is 0.110 e. The van der Waals surface area contributed by atoms with E-state index in [1.165, 1.54) is 0 Å². The fourth-order valence-electron chi connectivity index (χ4n) is 1.58. The van der Waals surface area contributed by atoms with Crippen molar-refractivity contribution in [1.82, 2.24) is 10.3 Å². The molecule has 1 rings (SSSR count). The Bertz CT molecular complexity index is 312. The van der Waals surface area contributed by atoms with Gasteiger partial charge in [0.25, 0.3) is 0 Å². The van der Waals surface area contributed by atoms with Crippen LogP contribution in [0.25, 0.3) is 0 Å². The van der Waals surface area contributed by atoms with E-state index in [4.69, 9.17) is 4.74 Å². The Hall–Kier alpha value is -0.450. The fraction of sp³-hybridized carbons (Fsp3) is 0.750. The Morgan fingerprint density at radius 2 is 2.12 bits per heavy atom. The number of methoxy groups -OCH3 is 1. The first-order valence-electron chi connectivity index (χ1n) is 5.71. The van der Waals surface area contributed by atoms with Gasteiger partial charge in [-0.1, -0.05) is 13.8 Å². The van der Waals surface area contributed by atoms with Gasteiger partial charge in [0, 0.05) is 24.2 Å². The zero-order valence-corrected chi connectivity index (χ0v) is 11.6. The van der Waals surface area contributed by atoms with Crippen LogP contribution < -0.4 is 5.32 Å². The first-order chi connectivity index (χ1) is 7.54. The molecule has 1 heterocycles. The van der Waals surface area contributed by atoms with Crippen LogP contribution in [0.5, 0.6) is 0 Å². The van der Waals surface area contributed by atoms with Gasteiger partial charge in [-0.05, 0) is 19.8 Å². The van der Waals surface area contributed by atoms with Gasteiger partial charge in [-0.15, -0.1) is 11.3 Å². The molecule has 0 saturated carbocycles. The van der Waals surface area contributed by atoms with Crippen LogP contribution in [0.3, 0.4) is 0 Å². The molecule has 16 heavy (non-hydrogen) atoms. The molecule has 3 nitrogen and oxygen atoms in total. The summed E-state index contributed by atoms with van der Waals surface area (Å²) in [6, 6.07) is 0.672. The van der Waals surface area contributed by atoms with E-state index in [0.29, 0.717) is 18.0 Å². The third kappa shape index (κ3) is 3.85. The molecule has 0 spiro atoms. The molecule has 0 amide bonds. The molecule has 2 unspecified atom stereocenters. The van der Waals surface area contributed by atoms with Crippen LogP contribution in [0.15, 0.2) is 5.38 Å². The van der Waals surface area contributed by atoms with E-state index in [1.807, 2.05) is 6.92 Å². The van der Waals surface area contributed by atoms with Crippen molar-refractivity contribution in [2.24, 2.45) is 5.92 Å². The number of rotatable bonds is 6. The van der Waals surface area contributed by atoms with E-state index in [2.05, 4.69) is 36.5 Å². The minimum Gasteiger partial charge on any atom is -0.383 e. The van der Waals surface area contributed by atoms with Gasteiger partial charge in [0.2, 0.25) is 0 Å². The highest BCUT2D eigenvalue weighted by molar-refractivity contribution is 7.09. The van der Waals surface area contributed by atoms with Gasteiger partial charge in [-0.25, -0.2) is 4.98 Å². The van der Waals surface area contributed by atoms with Crippen LogP contribution >= 0.6 is 11.3 Å². The highest BCUT2D eigenvalue weighted by atomic mass is 32.1. The summed E-state index contributed by atoms with van der Waals surface area (Å²) in [5.41, 5.74) is 1.10. The number of aromatic nitrogens is 1. The maximum absolute atomic E-state index is 5.23. The molecule has 0 aromatic carbocycles. The lowest BCUT2D eigenvalue weighted by atomic mass is 10.0. The Morgan fingerprint density at radius 1 is 1.44 bits per heavy atom. The Kier molecular flexibility index (Phi) is 5.38. The molecule has 92 valence electrons. The molecule has 0 radical (unpaired) electrons. The maximum atomic E-state index is 5.23. The van der Waals surface area contributed by atoms with Crippen molar-refractivity contribution in [1.29, 1.82) is 0 Å². The first kappa shape index (κ1) is 13.6. The summed E-state index contributed by atoms with van der Waals surface area (Å²) < 4.78 is 5.23. The lowest BCUT2D eigenvalue weighted by Gasteiger charge is -2.24. The molecule has 2 atom stereocenters. The standard InChI is InChI=1S/C12H22N2OS/c1-8(2)11(6-15-5)14-10(4)12-13-9(3)7-16-12/h7-8,10-11,14H,6H2,1-5H3. The highest BCUT2D eigenvalue weighted by Crippen LogP contribution is 2.19. The molecule has 0 bridgehead atoms. The van der Waals surface area contributed by atoms with Crippen molar-refractivity contribution in [2.45, 2.75) is 39.8 Å². The summed E-state index contributed by atoms with van der Waals surface area (Å²) in [6.45, 7) is 9.34. The second-order valence-electron chi connectivity index (χ2n) is 4.52. The monoisotopic (exact) mass is 242 g/mol. The predicted molar refractivity (Wildman–Crippen MR) is 68.9 cm³/mol. The Balaban J connectivity index is 2.57. The van der Waals surface area contributed by atoms with E-state index in [1.54, 1.807) is 18.4 Å². The van der Waals surface area contributed by atoms with Gasteiger partial charge in [-0.2, -0.15) is 0 Å². The number of aryl methyl sites for hydroxylation is 1. The van der Waals surface area contributed by atoms with Crippen LogP contribution in [0.1, 0.15) is 37.5 Å². The average molecular weight is 242 g/mol. The van der Waals surface area contributed by atoms with Crippen molar-refractivity contribution < 1.29 is 4.74 Å². The van der Waals surface area contributed by atoms with E-state index in [-0.39, 0.29) is 0 Å². The largest absolute Gasteiger partial charge is 0.383 e. The molecule has 4 heteroatoms. The summed E-state index contributed by atoms with van der Waals surface area (Å²) in [7, 11) is 1.75. The number of nitrogens with one attached hydrogen (secondary N) is 1. The molecule has 1 aromatic heterocycles. The summed E-state index contributed by atoms with van der Waals surface area (Å²) in [6.07, 6.45) is 0. The number of ether oxygens (including phenoxy) is 1. The lowest BCUT2D eigenvalue weighted by Crippen LogP contribution is -2.39. The number of hydrogen-bond donors (Lipinski definition) is 1. The van der Waals surface area contributed by atoms with Crippen molar-refractivity contribution >= 4 is 11.3 Å². The minimum absolute atomic E-state index is 0.293. The summed E-state index contributed by atoms with van der Waals surface area (Å²) >= 11 is 1.72. The van der Waals surface area contributed by atoms with Crippen LogP contribution in [-0.4, -0.2) is 24.7 Å². The zero-order chi connectivity index (χ0) is 12.1. The Morgan fingerprint density at radius 3 is 2.56 bits per heavy atom. The van der Waals surface area contributed by atoms with Gasteiger partial charge < -0.3 is 10.1 Å². The zero-order valence-electron chi connectivity index (χ0n) is 10.8. The number of hydrogen-bond acceptors (Lipinski definition) is 4. The van der Waals surface area contributed by atoms with Gasteiger partial charge in [0.05, 0.1) is 12.6 Å². The molecule has 1 N–H and O–H groups in total. The smallest absolute Gasteiger partial charge is 0.110 e. The van der Waals surface area contributed by atoms with Gasteiger partial charge in [0.1, 0.15) is 5.01 Å².